The third-order valence-corrected chi connectivity index (χ3v) is 2.09. The zero-order valence-corrected chi connectivity index (χ0v) is 8.51. The molecule has 82 valence electrons. The van der Waals surface area contributed by atoms with Gasteiger partial charge in [0.1, 0.15) is 0 Å². The SMILES string of the molecule is CCC(O)CNc1ccc([N+](=O)[O-])cc1. The number of rotatable bonds is 5. The maximum Gasteiger partial charge on any atom is 0.269 e. The molecule has 2 N–H and O–H groups in total. The van der Waals surface area contributed by atoms with E-state index in [4.69, 9.17) is 0 Å². The van der Waals surface area contributed by atoms with Crippen molar-refractivity contribution in [3.8, 4) is 0 Å². The monoisotopic (exact) mass is 210 g/mol. The van der Waals surface area contributed by atoms with Crippen LogP contribution in [-0.2, 0) is 0 Å². The van der Waals surface area contributed by atoms with E-state index in [1.165, 1.54) is 12.1 Å². The molecule has 0 saturated heterocycles. The van der Waals surface area contributed by atoms with Crippen molar-refractivity contribution in [3.05, 3.63) is 34.4 Å². The first-order valence-electron chi connectivity index (χ1n) is 4.80. The lowest BCUT2D eigenvalue weighted by atomic mass is 10.2. The molecule has 0 aliphatic carbocycles. The van der Waals surface area contributed by atoms with Gasteiger partial charge in [0.05, 0.1) is 11.0 Å². The third kappa shape index (κ3) is 3.55. The summed E-state index contributed by atoms with van der Waals surface area (Å²) in [4.78, 5) is 9.93. The van der Waals surface area contributed by atoms with Crippen molar-refractivity contribution in [1.29, 1.82) is 0 Å². The Morgan fingerprint density at radius 1 is 1.47 bits per heavy atom. The molecule has 0 aliphatic rings. The Balaban J connectivity index is 2.53. The van der Waals surface area contributed by atoms with E-state index in [1.54, 1.807) is 12.1 Å². The van der Waals surface area contributed by atoms with Crippen LogP contribution in [0.5, 0.6) is 0 Å². The molecular weight excluding hydrogens is 196 g/mol. The molecule has 1 unspecified atom stereocenters. The second-order valence-electron chi connectivity index (χ2n) is 3.25. The number of nitrogens with zero attached hydrogens (tertiary/aromatic N) is 1. The van der Waals surface area contributed by atoms with Gasteiger partial charge in [0.15, 0.2) is 0 Å². The molecule has 1 aromatic rings. The molecule has 0 aliphatic heterocycles. The molecule has 15 heavy (non-hydrogen) atoms. The van der Waals surface area contributed by atoms with Crippen molar-refractivity contribution in [2.75, 3.05) is 11.9 Å². The molecule has 0 saturated carbocycles. The Labute approximate surface area is 87.9 Å². The number of nitro benzene ring substituents is 1. The van der Waals surface area contributed by atoms with Crippen LogP contribution in [-0.4, -0.2) is 22.7 Å². The number of aliphatic hydroxyl groups is 1. The molecule has 1 atom stereocenters. The topological polar surface area (TPSA) is 75.4 Å². The minimum Gasteiger partial charge on any atom is -0.391 e. The first-order valence-corrected chi connectivity index (χ1v) is 4.80. The van der Waals surface area contributed by atoms with Crippen molar-refractivity contribution in [2.45, 2.75) is 19.4 Å². The Kier molecular flexibility index (Phi) is 4.05. The fraction of sp³-hybridized carbons (Fsp3) is 0.400. The van der Waals surface area contributed by atoms with Gasteiger partial charge in [-0.3, -0.25) is 10.1 Å². The molecule has 5 heteroatoms. The van der Waals surface area contributed by atoms with Crippen LogP contribution in [0.1, 0.15) is 13.3 Å². The predicted molar refractivity (Wildman–Crippen MR) is 57.9 cm³/mol. The smallest absolute Gasteiger partial charge is 0.269 e. The molecule has 0 aromatic heterocycles. The molecule has 1 rings (SSSR count). The quantitative estimate of drug-likeness (QED) is 0.573. The largest absolute Gasteiger partial charge is 0.391 e. The fourth-order valence-corrected chi connectivity index (χ4v) is 1.08. The van der Waals surface area contributed by atoms with Crippen LogP contribution in [0.3, 0.4) is 0 Å². The average Bonchev–Trinajstić information content (AvgIpc) is 2.26. The third-order valence-electron chi connectivity index (χ3n) is 2.09. The zero-order chi connectivity index (χ0) is 11.3. The molecule has 1 aromatic carbocycles. The maximum absolute atomic E-state index is 10.4. The van der Waals surface area contributed by atoms with Crippen molar-refractivity contribution < 1.29 is 10.0 Å². The van der Waals surface area contributed by atoms with E-state index < -0.39 is 4.92 Å². The van der Waals surface area contributed by atoms with Gasteiger partial charge in [0.2, 0.25) is 0 Å². The van der Waals surface area contributed by atoms with Crippen LogP contribution in [0.2, 0.25) is 0 Å². The number of hydrogen-bond acceptors (Lipinski definition) is 4. The van der Waals surface area contributed by atoms with E-state index in [0.717, 1.165) is 5.69 Å². The molecule has 0 radical (unpaired) electrons. The second-order valence-corrected chi connectivity index (χ2v) is 3.25. The van der Waals surface area contributed by atoms with E-state index in [-0.39, 0.29) is 11.8 Å². The molecule has 0 bridgehead atoms. The van der Waals surface area contributed by atoms with Gasteiger partial charge in [0, 0.05) is 24.4 Å². The number of aliphatic hydroxyl groups excluding tert-OH is 1. The van der Waals surface area contributed by atoms with Crippen LogP contribution >= 0.6 is 0 Å². The number of benzene rings is 1. The number of hydrogen-bond donors (Lipinski definition) is 2. The number of nitrogens with one attached hydrogen (secondary N) is 1. The average molecular weight is 210 g/mol. The zero-order valence-electron chi connectivity index (χ0n) is 8.51. The van der Waals surface area contributed by atoms with Gasteiger partial charge < -0.3 is 10.4 Å². The van der Waals surface area contributed by atoms with E-state index in [9.17, 15) is 15.2 Å². The summed E-state index contributed by atoms with van der Waals surface area (Å²) in [5.41, 5.74) is 0.838. The molecule has 0 spiro atoms. The fourth-order valence-electron chi connectivity index (χ4n) is 1.08. The van der Waals surface area contributed by atoms with Gasteiger partial charge in [-0.15, -0.1) is 0 Å². The molecule has 0 heterocycles. The highest BCUT2D eigenvalue weighted by molar-refractivity contribution is 5.48. The number of nitro groups is 1. The highest BCUT2D eigenvalue weighted by Crippen LogP contribution is 2.15. The summed E-state index contributed by atoms with van der Waals surface area (Å²) in [5.74, 6) is 0. The van der Waals surface area contributed by atoms with Crippen LogP contribution in [0.15, 0.2) is 24.3 Å². The lowest BCUT2D eigenvalue weighted by Crippen LogP contribution is -2.18. The van der Waals surface area contributed by atoms with Gasteiger partial charge in [-0.2, -0.15) is 0 Å². The van der Waals surface area contributed by atoms with Crippen molar-refractivity contribution in [1.82, 2.24) is 0 Å². The molecule has 5 nitrogen and oxygen atoms in total. The highest BCUT2D eigenvalue weighted by Gasteiger charge is 2.04. The molecule has 0 amide bonds. The first kappa shape index (κ1) is 11.5. The summed E-state index contributed by atoms with van der Waals surface area (Å²) in [6.45, 7) is 2.34. The molecule has 0 fully saturated rings. The standard InChI is InChI=1S/C10H14N2O3/c1-2-10(13)7-11-8-3-5-9(6-4-8)12(14)15/h3-6,10-11,13H,2,7H2,1H3. The van der Waals surface area contributed by atoms with Gasteiger partial charge in [-0.05, 0) is 18.6 Å². The number of non-ortho nitro benzene ring substituents is 1. The van der Waals surface area contributed by atoms with Gasteiger partial charge in [0.25, 0.3) is 5.69 Å². The summed E-state index contributed by atoms with van der Waals surface area (Å²) in [7, 11) is 0. The van der Waals surface area contributed by atoms with Crippen LogP contribution in [0, 0.1) is 10.1 Å². The normalized spacial score (nSPS) is 12.1. The summed E-state index contributed by atoms with van der Waals surface area (Å²) >= 11 is 0. The highest BCUT2D eigenvalue weighted by atomic mass is 16.6. The maximum atomic E-state index is 10.4. The molecular formula is C10H14N2O3. The van der Waals surface area contributed by atoms with Crippen molar-refractivity contribution >= 4 is 11.4 Å². The Morgan fingerprint density at radius 2 is 2.07 bits per heavy atom. The Morgan fingerprint density at radius 3 is 2.53 bits per heavy atom. The lowest BCUT2D eigenvalue weighted by molar-refractivity contribution is -0.384. The predicted octanol–water partition coefficient (Wildman–Crippen LogP) is 1.78. The van der Waals surface area contributed by atoms with Crippen LogP contribution in [0.25, 0.3) is 0 Å². The number of anilines is 1. The minimum atomic E-state index is -0.440. The lowest BCUT2D eigenvalue weighted by Gasteiger charge is -2.10. The Bertz CT molecular complexity index is 324. The van der Waals surface area contributed by atoms with Gasteiger partial charge >= 0.3 is 0 Å². The second kappa shape index (κ2) is 5.31. The summed E-state index contributed by atoms with van der Waals surface area (Å²) in [5, 5.41) is 22.6. The minimum absolute atomic E-state index is 0.0663. The summed E-state index contributed by atoms with van der Waals surface area (Å²) in [6, 6.07) is 6.11. The van der Waals surface area contributed by atoms with E-state index in [2.05, 4.69) is 5.32 Å². The van der Waals surface area contributed by atoms with E-state index in [0.29, 0.717) is 13.0 Å². The first-order chi connectivity index (χ1) is 7.13. The van der Waals surface area contributed by atoms with Crippen molar-refractivity contribution in [3.63, 3.8) is 0 Å². The van der Waals surface area contributed by atoms with Crippen LogP contribution in [0.4, 0.5) is 11.4 Å². The Hall–Kier alpha value is -1.62. The summed E-state index contributed by atoms with van der Waals surface area (Å²) in [6.07, 6.45) is 0.292. The van der Waals surface area contributed by atoms with Gasteiger partial charge in [-0.25, -0.2) is 0 Å². The van der Waals surface area contributed by atoms with Crippen LogP contribution < -0.4 is 5.32 Å². The van der Waals surface area contributed by atoms with E-state index in [1.807, 2.05) is 6.92 Å². The van der Waals surface area contributed by atoms with Gasteiger partial charge in [-0.1, -0.05) is 6.92 Å². The van der Waals surface area contributed by atoms with Crippen molar-refractivity contribution in [2.24, 2.45) is 0 Å². The summed E-state index contributed by atoms with van der Waals surface area (Å²) < 4.78 is 0. The van der Waals surface area contributed by atoms with E-state index >= 15 is 0 Å².